The second-order valence-corrected chi connectivity index (χ2v) is 5.20. The Morgan fingerprint density at radius 2 is 2.05 bits per heavy atom. The van der Waals surface area contributed by atoms with Gasteiger partial charge in [0.25, 0.3) is 0 Å². The molecule has 1 atom stereocenters. The molecule has 22 heavy (non-hydrogen) atoms. The monoisotopic (exact) mass is 296 g/mol. The van der Waals surface area contributed by atoms with Gasteiger partial charge in [0.05, 0.1) is 12.5 Å². The summed E-state index contributed by atoms with van der Waals surface area (Å²) in [7, 11) is 0. The normalized spacial score (nSPS) is 14.0. The minimum absolute atomic E-state index is 0.00296. The van der Waals surface area contributed by atoms with Crippen LogP contribution in [0.25, 0.3) is 0 Å². The zero-order chi connectivity index (χ0) is 15.5. The highest BCUT2D eigenvalue weighted by Crippen LogP contribution is 2.26. The van der Waals surface area contributed by atoms with E-state index in [9.17, 15) is 9.59 Å². The SMILES string of the molecule is C[C@@H](NC(=O)Nc1ccncc1)c1ccc2c(c1)CC(=O)N2. The van der Waals surface area contributed by atoms with Gasteiger partial charge in [-0.1, -0.05) is 12.1 Å². The van der Waals surface area contributed by atoms with Crippen molar-refractivity contribution >= 4 is 23.3 Å². The van der Waals surface area contributed by atoms with E-state index in [1.165, 1.54) is 0 Å². The van der Waals surface area contributed by atoms with E-state index in [4.69, 9.17) is 0 Å². The molecule has 1 aromatic heterocycles. The highest BCUT2D eigenvalue weighted by Gasteiger charge is 2.19. The first-order valence-corrected chi connectivity index (χ1v) is 7.02. The molecule has 0 radical (unpaired) electrons. The predicted octanol–water partition coefficient (Wildman–Crippen LogP) is 2.46. The zero-order valence-corrected chi connectivity index (χ0v) is 12.1. The zero-order valence-electron chi connectivity index (χ0n) is 12.1. The lowest BCUT2D eigenvalue weighted by atomic mass is 10.0. The Labute approximate surface area is 127 Å². The van der Waals surface area contributed by atoms with Crippen molar-refractivity contribution in [3.05, 3.63) is 53.9 Å². The molecular weight excluding hydrogens is 280 g/mol. The molecule has 0 saturated heterocycles. The number of hydrogen-bond acceptors (Lipinski definition) is 3. The van der Waals surface area contributed by atoms with E-state index in [-0.39, 0.29) is 18.0 Å². The smallest absolute Gasteiger partial charge is 0.319 e. The van der Waals surface area contributed by atoms with E-state index in [1.54, 1.807) is 24.5 Å². The van der Waals surface area contributed by atoms with Crippen LogP contribution in [0.4, 0.5) is 16.2 Å². The van der Waals surface area contributed by atoms with Crippen LogP contribution < -0.4 is 16.0 Å². The number of nitrogens with zero attached hydrogens (tertiary/aromatic N) is 1. The van der Waals surface area contributed by atoms with Gasteiger partial charge in [0, 0.05) is 23.8 Å². The number of rotatable bonds is 3. The van der Waals surface area contributed by atoms with Gasteiger partial charge in [0.15, 0.2) is 0 Å². The van der Waals surface area contributed by atoms with E-state index in [1.807, 2.05) is 25.1 Å². The lowest BCUT2D eigenvalue weighted by Crippen LogP contribution is -2.31. The Hall–Kier alpha value is -2.89. The standard InChI is InChI=1S/C16H16N4O2/c1-10(18-16(22)19-13-4-6-17-7-5-13)11-2-3-14-12(8-11)9-15(21)20-14/h2-8,10H,9H2,1H3,(H,20,21)(H2,17,18,19,22)/t10-/m1/s1. The lowest BCUT2D eigenvalue weighted by molar-refractivity contribution is -0.115. The Bertz CT molecular complexity index is 715. The maximum absolute atomic E-state index is 12.0. The second kappa shape index (κ2) is 5.85. The summed E-state index contributed by atoms with van der Waals surface area (Å²) in [5.74, 6) is 0.00296. The molecule has 0 bridgehead atoms. The number of nitrogens with one attached hydrogen (secondary N) is 3. The summed E-state index contributed by atoms with van der Waals surface area (Å²) in [6.07, 6.45) is 3.62. The number of aromatic nitrogens is 1. The van der Waals surface area contributed by atoms with Gasteiger partial charge < -0.3 is 16.0 Å². The maximum Gasteiger partial charge on any atom is 0.319 e. The first-order chi connectivity index (χ1) is 10.6. The first kappa shape index (κ1) is 14.1. The number of benzene rings is 1. The molecule has 1 aliphatic rings. The van der Waals surface area contributed by atoms with Crippen molar-refractivity contribution in [3.8, 4) is 0 Å². The fourth-order valence-electron chi connectivity index (χ4n) is 2.40. The Morgan fingerprint density at radius 3 is 2.82 bits per heavy atom. The Balaban J connectivity index is 1.65. The topological polar surface area (TPSA) is 83.1 Å². The number of pyridine rings is 1. The van der Waals surface area contributed by atoms with Crippen LogP contribution in [0.5, 0.6) is 0 Å². The van der Waals surface area contributed by atoms with Gasteiger partial charge in [0.1, 0.15) is 0 Å². The van der Waals surface area contributed by atoms with E-state index in [2.05, 4.69) is 20.9 Å². The highest BCUT2D eigenvalue weighted by molar-refractivity contribution is 5.99. The Morgan fingerprint density at radius 1 is 1.27 bits per heavy atom. The van der Waals surface area contributed by atoms with Crippen LogP contribution in [0.1, 0.15) is 24.1 Å². The lowest BCUT2D eigenvalue weighted by Gasteiger charge is -2.16. The molecule has 0 aliphatic carbocycles. The molecule has 0 saturated carbocycles. The van der Waals surface area contributed by atoms with Gasteiger partial charge in [0.2, 0.25) is 5.91 Å². The van der Waals surface area contributed by atoms with Crippen LogP contribution in [-0.4, -0.2) is 16.9 Å². The molecule has 0 fully saturated rings. The number of fused-ring (bicyclic) bond motifs is 1. The molecule has 2 aromatic rings. The third-order valence-electron chi connectivity index (χ3n) is 3.54. The van der Waals surface area contributed by atoms with Crippen LogP contribution in [-0.2, 0) is 11.2 Å². The van der Waals surface area contributed by atoms with Crippen LogP contribution in [0, 0.1) is 0 Å². The molecule has 3 rings (SSSR count). The number of hydrogen-bond donors (Lipinski definition) is 3. The Kier molecular flexibility index (Phi) is 3.74. The molecule has 6 nitrogen and oxygen atoms in total. The molecule has 3 N–H and O–H groups in total. The van der Waals surface area contributed by atoms with Crippen molar-refractivity contribution < 1.29 is 9.59 Å². The second-order valence-electron chi connectivity index (χ2n) is 5.20. The molecule has 6 heteroatoms. The average Bonchev–Trinajstić information content (AvgIpc) is 2.87. The maximum atomic E-state index is 12.0. The van der Waals surface area contributed by atoms with Gasteiger partial charge >= 0.3 is 6.03 Å². The van der Waals surface area contributed by atoms with E-state index < -0.39 is 0 Å². The number of urea groups is 1. The number of carbonyl (C=O) groups excluding carboxylic acids is 2. The predicted molar refractivity (Wildman–Crippen MR) is 83.6 cm³/mol. The minimum Gasteiger partial charge on any atom is -0.331 e. The average molecular weight is 296 g/mol. The van der Waals surface area contributed by atoms with Crippen molar-refractivity contribution in [3.63, 3.8) is 0 Å². The van der Waals surface area contributed by atoms with E-state index in [0.29, 0.717) is 12.1 Å². The van der Waals surface area contributed by atoms with Crippen molar-refractivity contribution in [1.29, 1.82) is 0 Å². The van der Waals surface area contributed by atoms with Crippen LogP contribution >= 0.6 is 0 Å². The molecule has 3 amide bonds. The summed E-state index contributed by atoms with van der Waals surface area (Å²) in [6.45, 7) is 1.90. The van der Waals surface area contributed by atoms with Gasteiger partial charge in [-0.15, -0.1) is 0 Å². The molecule has 0 unspecified atom stereocenters. The summed E-state index contributed by atoms with van der Waals surface area (Å²) in [6, 6.07) is 8.71. The van der Waals surface area contributed by atoms with Gasteiger partial charge in [-0.3, -0.25) is 9.78 Å². The van der Waals surface area contributed by atoms with Crippen LogP contribution in [0.15, 0.2) is 42.7 Å². The number of anilines is 2. The quantitative estimate of drug-likeness (QED) is 0.813. The molecule has 112 valence electrons. The third kappa shape index (κ3) is 3.06. The summed E-state index contributed by atoms with van der Waals surface area (Å²) >= 11 is 0. The number of amides is 3. The van der Waals surface area contributed by atoms with Crippen LogP contribution in [0.3, 0.4) is 0 Å². The molecule has 0 spiro atoms. The largest absolute Gasteiger partial charge is 0.331 e. The van der Waals surface area contributed by atoms with Crippen LogP contribution in [0.2, 0.25) is 0 Å². The molecule has 1 aliphatic heterocycles. The first-order valence-electron chi connectivity index (χ1n) is 7.02. The van der Waals surface area contributed by atoms with Gasteiger partial charge in [-0.05, 0) is 36.2 Å². The van der Waals surface area contributed by atoms with Crippen molar-refractivity contribution in [1.82, 2.24) is 10.3 Å². The van der Waals surface area contributed by atoms with Crippen molar-refractivity contribution in [2.24, 2.45) is 0 Å². The summed E-state index contributed by atoms with van der Waals surface area (Å²) < 4.78 is 0. The van der Waals surface area contributed by atoms with E-state index >= 15 is 0 Å². The minimum atomic E-state index is -0.284. The van der Waals surface area contributed by atoms with Gasteiger partial charge in [-0.25, -0.2) is 4.79 Å². The summed E-state index contributed by atoms with van der Waals surface area (Å²) in [5.41, 5.74) is 3.46. The van der Waals surface area contributed by atoms with Gasteiger partial charge in [-0.2, -0.15) is 0 Å². The molecule has 2 heterocycles. The highest BCUT2D eigenvalue weighted by atomic mass is 16.2. The van der Waals surface area contributed by atoms with E-state index in [0.717, 1.165) is 16.8 Å². The fraction of sp³-hybridized carbons (Fsp3) is 0.188. The summed E-state index contributed by atoms with van der Waals surface area (Å²) in [5, 5.41) is 8.41. The third-order valence-corrected chi connectivity index (χ3v) is 3.54. The van der Waals surface area contributed by atoms with Crippen molar-refractivity contribution in [2.45, 2.75) is 19.4 Å². The fourth-order valence-corrected chi connectivity index (χ4v) is 2.40. The van der Waals surface area contributed by atoms with Crippen molar-refractivity contribution in [2.75, 3.05) is 10.6 Å². The molecule has 1 aromatic carbocycles. The molecular formula is C16H16N4O2. The summed E-state index contributed by atoms with van der Waals surface area (Å²) in [4.78, 5) is 27.2. The number of carbonyl (C=O) groups is 2.